The number of nitrogens with zero attached hydrogens (tertiary/aromatic N) is 2. The lowest BCUT2D eigenvalue weighted by atomic mass is 9.74. The summed E-state index contributed by atoms with van der Waals surface area (Å²) in [6.07, 6.45) is 2.35. The van der Waals surface area contributed by atoms with E-state index in [1.54, 1.807) is 0 Å². The van der Waals surface area contributed by atoms with Crippen LogP contribution < -0.4 is 11.1 Å². The fourth-order valence-corrected chi connectivity index (χ4v) is 3.05. The van der Waals surface area contributed by atoms with Crippen molar-refractivity contribution in [2.75, 3.05) is 13.1 Å². The lowest BCUT2D eigenvalue weighted by molar-refractivity contribution is 0.158. The van der Waals surface area contributed by atoms with Crippen LogP contribution in [-0.2, 0) is 6.54 Å². The van der Waals surface area contributed by atoms with Gasteiger partial charge in [-0.05, 0) is 38.9 Å². The summed E-state index contributed by atoms with van der Waals surface area (Å²) in [4.78, 5) is 0. The third-order valence-corrected chi connectivity index (χ3v) is 3.98. The van der Waals surface area contributed by atoms with Gasteiger partial charge in [-0.1, -0.05) is 0 Å². The molecule has 1 spiro atoms. The van der Waals surface area contributed by atoms with E-state index in [1.807, 2.05) is 6.92 Å². The van der Waals surface area contributed by atoms with Gasteiger partial charge in [0.1, 0.15) is 0 Å². The Bertz CT molecular complexity index is 385. The molecule has 2 aliphatic heterocycles. The van der Waals surface area contributed by atoms with Crippen LogP contribution in [0, 0.1) is 12.3 Å². The van der Waals surface area contributed by atoms with Gasteiger partial charge in [0.2, 0.25) is 0 Å². The highest BCUT2D eigenvalue weighted by Crippen LogP contribution is 2.46. The van der Waals surface area contributed by atoms with E-state index < -0.39 is 0 Å². The Morgan fingerprint density at radius 3 is 2.65 bits per heavy atom. The number of aromatic nitrogens is 2. The van der Waals surface area contributed by atoms with Crippen LogP contribution in [0.4, 0.5) is 0 Å². The van der Waals surface area contributed by atoms with Gasteiger partial charge in [-0.3, -0.25) is 4.68 Å². The second-order valence-electron chi connectivity index (χ2n) is 4.96. The quantitative estimate of drug-likeness (QED) is 0.755. The van der Waals surface area contributed by atoms with Gasteiger partial charge in [0, 0.05) is 12.0 Å². The Labute approximate surface area is 114 Å². The van der Waals surface area contributed by atoms with Gasteiger partial charge >= 0.3 is 0 Å². The van der Waals surface area contributed by atoms with E-state index in [9.17, 15) is 0 Å². The monoisotopic (exact) mass is 278 g/mol. The first-order valence-corrected chi connectivity index (χ1v) is 5.72. The Kier molecular flexibility index (Phi) is 4.47. The van der Waals surface area contributed by atoms with Crippen molar-refractivity contribution in [3.63, 3.8) is 0 Å². The molecule has 0 radical (unpaired) electrons. The molecule has 3 heterocycles. The van der Waals surface area contributed by atoms with E-state index in [4.69, 9.17) is 5.73 Å². The second kappa shape index (κ2) is 5.14. The molecule has 6 heteroatoms. The first-order valence-electron chi connectivity index (χ1n) is 5.72. The summed E-state index contributed by atoms with van der Waals surface area (Å²) in [7, 11) is 0. The molecule has 98 valence electrons. The summed E-state index contributed by atoms with van der Waals surface area (Å²) in [5.74, 6) is 0. The number of hydrogen-bond acceptors (Lipinski definition) is 3. The average molecular weight is 279 g/mol. The van der Waals surface area contributed by atoms with Crippen LogP contribution in [0.3, 0.4) is 0 Å². The largest absolute Gasteiger partial charge is 0.322 e. The highest BCUT2D eigenvalue weighted by Gasteiger charge is 2.45. The van der Waals surface area contributed by atoms with Crippen molar-refractivity contribution in [3.05, 3.63) is 17.5 Å². The molecule has 1 saturated heterocycles. The molecule has 3 N–H and O–H groups in total. The lowest BCUT2D eigenvalue weighted by Gasteiger charge is -2.36. The van der Waals surface area contributed by atoms with E-state index in [-0.39, 0.29) is 36.3 Å². The summed E-state index contributed by atoms with van der Waals surface area (Å²) in [5, 5.41) is 7.91. The maximum atomic E-state index is 6.38. The third kappa shape index (κ3) is 2.19. The topological polar surface area (TPSA) is 55.9 Å². The van der Waals surface area contributed by atoms with Crippen LogP contribution in [0.2, 0.25) is 0 Å². The van der Waals surface area contributed by atoms with Crippen LogP contribution in [0.5, 0.6) is 0 Å². The number of aryl methyl sites for hydroxylation is 1. The smallest absolute Gasteiger partial charge is 0.0597 e. The predicted molar refractivity (Wildman–Crippen MR) is 72.9 cm³/mol. The molecule has 0 bridgehead atoms. The summed E-state index contributed by atoms with van der Waals surface area (Å²) in [6, 6.07) is 2.32. The van der Waals surface area contributed by atoms with Gasteiger partial charge in [-0.15, -0.1) is 24.8 Å². The summed E-state index contributed by atoms with van der Waals surface area (Å²) in [5.41, 5.74) is 8.98. The maximum absolute atomic E-state index is 6.38. The fourth-order valence-electron chi connectivity index (χ4n) is 3.05. The van der Waals surface area contributed by atoms with Gasteiger partial charge in [-0.2, -0.15) is 5.10 Å². The molecular formula is C11H20Cl2N4. The Hall–Kier alpha value is -0.290. The van der Waals surface area contributed by atoms with Crippen LogP contribution >= 0.6 is 24.8 Å². The van der Waals surface area contributed by atoms with Crippen molar-refractivity contribution < 1.29 is 0 Å². The molecule has 0 aromatic carbocycles. The Balaban J connectivity index is 0.000000722. The summed E-state index contributed by atoms with van der Waals surface area (Å²) < 4.78 is 2.12. The zero-order valence-corrected chi connectivity index (χ0v) is 11.6. The van der Waals surface area contributed by atoms with Crippen LogP contribution in [0.1, 0.15) is 30.3 Å². The van der Waals surface area contributed by atoms with Crippen LogP contribution in [0.15, 0.2) is 6.07 Å². The van der Waals surface area contributed by atoms with Gasteiger partial charge < -0.3 is 11.1 Å². The number of nitrogens with one attached hydrogen (secondary N) is 1. The molecule has 1 aromatic heterocycles. The molecule has 4 nitrogen and oxygen atoms in total. The predicted octanol–water partition coefficient (Wildman–Crippen LogP) is 1.42. The lowest BCUT2D eigenvalue weighted by Crippen LogP contribution is -2.42. The first kappa shape index (κ1) is 14.8. The minimum atomic E-state index is 0. The zero-order valence-electron chi connectivity index (χ0n) is 9.98. The number of hydrogen-bond donors (Lipinski definition) is 2. The molecule has 1 aromatic rings. The average Bonchev–Trinajstić information content (AvgIpc) is 2.68. The normalized spacial score (nSPS) is 24.9. The number of piperidine rings is 1. The van der Waals surface area contributed by atoms with Gasteiger partial charge in [0.25, 0.3) is 0 Å². The molecule has 1 fully saturated rings. The van der Waals surface area contributed by atoms with Crippen molar-refractivity contribution in [1.29, 1.82) is 0 Å². The minimum Gasteiger partial charge on any atom is -0.322 e. The first-order chi connectivity index (χ1) is 7.21. The van der Waals surface area contributed by atoms with E-state index in [0.29, 0.717) is 0 Å². The molecular weight excluding hydrogens is 259 g/mol. The molecule has 0 unspecified atom stereocenters. The van der Waals surface area contributed by atoms with E-state index in [1.165, 1.54) is 18.5 Å². The Morgan fingerprint density at radius 1 is 1.41 bits per heavy atom. The summed E-state index contributed by atoms with van der Waals surface area (Å²) in [6.45, 7) is 5.24. The fraction of sp³-hybridized carbons (Fsp3) is 0.727. The molecule has 0 saturated carbocycles. The standard InChI is InChI=1S/C11H18N4.2ClH/c1-8-6-9-10(12)11(7-15(9)14-8)2-4-13-5-3-11;;/h6,10,13H,2-5,7,12H2,1H3;2*1H/t10-;;/m1../s1. The second-order valence-corrected chi connectivity index (χ2v) is 4.96. The number of rotatable bonds is 0. The van der Waals surface area contributed by atoms with Crippen molar-refractivity contribution >= 4 is 24.8 Å². The number of halogens is 2. The van der Waals surface area contributed by atoms with Crippen molar-refractivity contribution in [3.8, 4) is 0 Å². The Morgan fingerprint density at radius 2 is 2.06 bits per heavy atom. The highest BCUT2D eigenvalue weighted by atomic mass is 35.5. The van der Waals surface area contributed by atoms with Gasteiger partial charge in [0.05, 0.1) is 17.4 Å². The molecule has 17 heavy (non-hydrogen) atoms. The highest BCUT2D eigenvalue weighted by molar-refractivity contribution is 5.85. The van der Waals surface area contributed by atoms with Crippen LogP contribution in [0.25, 0.3) is 0 Å². The number of nitrogens with two attached hydrogens (primary N) is 1. The molecule has 0 amide bonds. The van der Waals surface area contributed by atoms with Crippen molar-refractivity contribution in [2.45, 2.75) is 32.4 Å². The maximum Gasteiger partial charge on any atom is 0.0597 e. The van der Waals surface area contributed by atoms with E-state index in [0.717, 1.165) is 25.3 Å². The van der Waals surface area contributed by atoms with Crippen molar-refractivity contribution in [2.24, 2.45) is 11.1 Å². The zero-order chi connectivity index (χ0) is 10.5. The third-order valence-electron chi connectivity index (χ3n) is 3.98. The molecule has 3 rings (SSSR count). The van der Waals surface area contributed by atoms with Crippen LogP contribution in [-0.4, -0.2) is 22.9 Å². The van der Waals surface area contributed by atoms with Gasteiger partial charge in [-0.25, -0.2) is 0 Å². The van der Waals surface area contributed by atoms with Gasteiger partial charge in [0.15, 0.2) is 0 Å². The molecule has 0 aliphatic carbocycles. The van der Waals surface area contributed by atoms with Crippen molar-refractivity contribution in [1.82, 2.24) is 15.1 Å². The SMILES string of the molecule is Cc1cc2n(n1)CC1(CCNCC1)[C@@H]2N.Cl.Cl. The van der Waals surface area contributed by atoms with E-state index in [2.05, 4.69) is 21.2 Å². The molecule has 1 atom stereocenters. The van der Waals surface area contributed by atoms with E-state index >= 15 is 0 Å². The number of fused-ring (bicyclic) bond motifs is 1. The molecule has 2 aliphatic rings. The minimum absolute atomic E-state index is 0. The summed E-state index contributed by atoms with van der Waals surface area (Å²) >= 11 is 0.